The van der Waals surface area contributed by atoms with Crippen LogP contribution in [0.15, 0.2) is 6.07 Å². The molecule has 0 bridgehead atoms. The topological polar surface area (TPSA) is 69.6 Å². The SMILES string of the molecule is CCc1cc(N2CC[C@H]3[C@H](CCC(=O)N3CCCCO)C2)nc(C)n1. The van der Waals surface area contributed by atoms with E-state index in [0.717, 1.165) is 69.1 Å². The third kappa shape index (κ3) is 4.11. The Bertz CT molecular complexity index is 607. The summed E-state index contributed by atoms with van der Waals surface area (Å²) in [4.78, 5) is 25.9. The second kappa shape index (κ2) is 8.13. The molecule has 2 fully saturated rings. The molecule has 0 aromatic carbocycles. The van der Waals surface area contributed by atoms with Gasteiger partial charge in [0, 0.05) is 50.5 Å². The fourth-order valence-corrected chi connectivity index (χ4v) is 4.20. The van der Waals surface area contributed by atoms with Crippen LogP contribution in [0.5, 0.6) is 0 Å². The largest absolute Gasteiger partial charge is 0.396 e. The highest BCUT2D eigenvalue weighted by Crippen LogP contribution is 2.33. The Morgan fingerprint density at radius 3 is 2.88 bits per heavy atom. The molecule has 3 rings (SSSR count). The third-order valence-corrected chi connectivity index (χ3v) is 5.51. The lowest BCUT2D eigenvalue weighted by molar-refractivity contribution is -0.139. The molecule has 1 N–H and O–H groups in total. The lowest BCUT2D eigenvalue weighted by Crippen LogP contribution is -2.56. The fraction of sp³-hybridized carbons (Fsp3) is 0.737. The first-order valence-electron chi connectivity index (χ1n) is 9.62. The average molecular weight is 346 g/mol. The molecule has 0 saturated carbocycles. The van der Waals surface area contributed by atoms with Crippen molar-refractivity contribution in [2.75, 3.05) is 31.1 Å². The van der Waals surface area contributed by atoms with Gasteiger partial charge in [-0.15, -0.1) is 0 Å². The molecule has 25 heavy (non-hydrogen) atoms. The number of carbonyl (C=O) groups is 1. The Balaban J connectivity index is 1.69. The van der Waals surface area contributed by atoms with E-state index in [4.69, 9.17) is 5.11 Å². The Morgan fingerprint density at radius 1 is 1.28 bits per heavy atom. The summed E-state index contributed by atoms with van der Waals surface area (Å²) in [6.07, 6.45) is 5.20. The first-order chi connectivity index (χ1) is 12.1. The number of amides is 1. The molecule has 138 valence electrons. The van der Waals surface area contributed by atoms with Crippen LogP contribution in [0.1, 0.15) is 50.5 Å². The minimum Gasteiger partial charge on any atom is -0.396 e. The van der Waals surface area contributed by atoms with Crippen LogP contribution in [0.25, 0.3) is 0 Å². The van der Waals surface area contributed by atoms with Crippen molar-refractivity contribution in [1.29, 1.82) is 0 Å². The number of hydrogen-bond acceptors (Lipinski definition) is 5. The smallest absolute Gasteiger partial charge is 0.222 e. The molecule has 6 heteroatoms. The van der Waals surface area contributed by atoms with Crippen LogP contribution < -0.4 is 4.90 Å². The highest BCUT2D eigenvalue weighted by Gasteiger charge is 2.39. The van der Waals surface area contributed by atoms with Crippen LogP contribution in [-0.2, 0) is 11.2 Å². The standard InChI is InChI=1S/C19H30N4O2/c1-3-16-12-18(21-14(2)20-16)22-10-8-17-15(13-22)6-7-19(25)23(17)9-4-5-11-24/h12,15,17,24H,3-11,13H2,1-2H3/t15-,17+/m1/s1. The molecular weight excluding hydrogens is 316 g/mol. The maximum Gasteiger partial charge on any atom is 0.222 e. The minimum absolute atomic E-state index is 0.205. The van der Waals surface area contributed by atoms with Gasteiger partial charge in [0.2, 0.25) is 5.91 Å². The fourth-order valence-electron chi connectivity index (χ4n) is 4.20. The van der Waals surface area contributed by atoms with Gasteiger partial charge in [-0.3, -0.25) is 4.79 Å². The van der Waals surface area contributed by atoms with Crippen molar-refractivity contribution >= 4 is 11.7 Å². The molecule has 2 aliphatic rings. The average Bonchev–Trinajstić information content (AvgIpc) is 2.62. The number of likely N-dealkylation sites (tertiary alicyclic amines) is 1. The van der Waals surface area contributed by atoms with Crippen LogP contribution in [0.2, 0.25) is 0 Å². The maximum atomic E-state index is 12.4. The van der Waals surface area contributed by atoms with E-state index in [2.05, 4.69) is 32.8 Å². The van der Waals surface area contributed by atoms with Crippen LogP contribution in [0.3, 0.4) is 0 Å². The van der Waals surface area contributed by atoms with Crippen LogP contribution in [0.4, 0.5) is 5.82 Å². The monoisotopic (exact) mass is 346 g/mol. The summed E-state index contributed by atoms with van der Waals surface area (Å²) >= 11 is 0. The molecule has 2 atom stereocenters. The molecule has 0 unspecified atom stereocenters. The van der Waals surface area contributed by atoms with E-state index in [1.807, 2.05) is 6.92 Å². The van der Waals surface area contributed by atoms with Crippen molar-refractivity contribution < 1.29 is 9.90 Å². The van der Waals surface area contributed by atoms with Crippen LogP contribution in [0, 0.1) is 12.8 Å². The second-order valence-corrected chi connectivity index (χ2v) is 7.24. The normalized spacial score (nSPS) is 23.7. The molecule has 1 aromatic rings. The van der Waals surface area contributed by atoms with Gasteiger partial charge in [-0.05, 0) is 44.9 Å². The summed E-state index contributed by atoms with van der Waals surface area (Å²) in [6.45, 7) is 6.97. The molecule has 1 aromatic heterocycles. The van der Waals surface area contributed by atoms with Gasteiger partial charge < -0.3 is 14.9 Å². The number of rotatable bonds is 6. The van der Waals surface area contributed by atoms with Gasteiger partial charge >= 0.3 is 0 Å². The van der Waals surface area contributed by atoms with Gasteiger partial charge in [0.1, 0.15) is 11.6 Å². The summed E-state index contributed by atoms with van der Waals surface area (Å²) in [5.74, 6) is 2.67. The highest BCUT2D eigenvalue weighted by atomic mass is 16.3. The van der Waals surface area contributed by atoms with Crippen LogP contribution in [-0.4, -0.2) is 58.2 Å². The third-order valence-electron chi connectivity index (χ3n) is 5.51. The van der Waals surface area contributed by atoms with E-state index in [-0.39, 0.29) is 6.61 Å². The van der Waals surface area contributed by atoms with E-state index >= 15 is 0 Å². The van der Waals surface area contributed by atoms with Crippen molar-refractivity contribution in [3.8, 4) is 0 Å². The van der Waals surface area contributed by atoms with Crippen molar-refractivity contribution in [3.63, 3.8) is 0 Å². The van der Waals surface area contributed by atoms with Crippen molar-refractivity contribution in [3.05, 3.63) is 17.6 Å². The van der Waals surface area contributed by atoms with Gasteiger partial charge in [0.25, 0.3) is 0 Å². The van der Waals surface area contributed by atoms with Crippen molar-refractivity contribution in [2.45, 2.75) is 58.4 Å². The van der Waals surface area contributed by atoms with Gasteiger partial charge in [0.15, 0.2) is 0 Å². The first kappa shape index (κ1) is 18.1. The molecule has 2 saturated heterocycles. The molecule has 0 aliphatic carbocycles. The van der Waals surface area contributed by atoms with Crippen LogP contribution >= 0.6 is 0 Å². The van der Waals surface area contributed by atoms with E-state index < -0.39 is 0 Å². The molecule has 3 heterocycles. The van der Waals surface area contributed by atoms with Gasteiger partial charge in [-0.1, -0.05) is 6.92 Å². The molecule has 6 nitrogen and oxygen atoms in total. The number of aromatic nitrogens is 2. The Morgan fingerprint density at radius 2 is 2.12 bits per heavy atom. The number of piperidine rings is 2. The number of carbonyl (C=O) groups excluding carboxylic acids is 1. The number of unbranched alkanes of at least 4 members (excludes halogenated alkanes) is 1. The Hall–Kier alpha value is -1.69. The minimum atomic E-state index is 0.205. The number of hydrogen-bond donors (Lipinski definition) is 1. The van der Waals surface area contributed by atoms with Gasteiger partial charge in [-0.2, -0.15) is 0 Å². The molecule has 1 amide bonds. The second-order valence-electron chi connectivity index (χ2n) is 7.24. The Kier molecular flexibility index (Phi) is 5.89. The molecule has 0 spiro atoms. The summed E-state index contributed by atoms with van der Waals surface area (Å²) in [7, 11) is 0. The van der Waals surface area contributed by atoms with Gasteiger partial charge in [-0.25, -0.2) is 9.97 Å². The number of nitrogens with zero attached hydrogens (tertiary/aromatic N) is 4. The predicted molar refractivity (Wildman–Crippen MR) is 97.5 cm³/mol. The number of fused-ring (bicyclic) bond motifs is 1. The lowest BCUT2D eigenvalue weighted by atomic mass is 9.83. The number of aryl methyl sites for hydroxylation is 2. The lowest BCUT2D eigenvalue weighted by Gasteiger charge is -2.47. The molecule has 0 radical (unpaired) electrons. The highest BCUT2D eigenvalue weighted by molar-refractivity contribution is 5.77. The number of aliphatic hydroxyl groups is 1. The summed E-state index contributed by atoms with van der Waals surface area (Å²) in [5, 5.41) is 9.00. The summed E-state index contributed by atoms with van der Waals surface area (Å²) < 4.78 is 0. The summed E-state index contributed by atoms with van der Waals surface area (Å²) in [5.41, 5.74) is 1.09. The molecule has 2 aliphatic heterocycles. The van der Waals surface area contributed by atoms with Crippen molar-refractivity contribution in [2.24, 2.45) is 5.92 Å². The van der Waals surface area contributed by atoms with E-state index in [1.165, 1.54) is 0 Å². The van der Waals surface area contributed by atoms with Gasteiger partial charge in [0.05, 0.1) is 0 Å². The zero-order valence-corrected chi connectivity index (χ0v) is 15.4. The quantitative estimate of drug-likeness (QED) is 0.797. The predicted octanol–water partition coefficient (Wildman–Crippen LogP) is 1.94. The summed E-state index contributed by atoms with van der Waals surface area (Å²) in [6, 6.07) is 2.46. The van der Waals surface area contributed by atoms with E-state index in [0.29, 0.717) is 24.3 Å². The van der Waals surface area contributed by atoms with Crippen molar-refractivity contribution in [1.82, 2.24) is 14.9 Å². The molecular formula is C19H30N4O2. The Labute approximate surface area is 150 Å². The van der Waals surface area contributed by atoms with E-state index in [9.17, 15) is 4.79 Å². The maximum absolute atomic E-state index is 12.4. The zero-order valence-electron chi connectivity index (χ0n) is 15.4. The van der Waals surface area contributed by atoms with E-state index in [1.54, 1.807) is 0 Å². The zero-order chi connectivity index (χ0) is 17.8. The number of anilines is 1. The number of aliphatic hydroxyl groups excluding tert-OH is 1. The first-order valence-corrected chi connectivity index (χ1v) is 9.62.